The number of aliphatic hydroxyl groups excluding tert-OH is 1. The van der Waals surface area contributed by atoms with E-state index in [2.05, 4.69) is 11.2 Å². The van der Waals surface area contributed by atoms with E-state index in [9.17, 15) is 9.59 Å². The summed E-state index contributed by atoms with van der Waals surface area (Å²) in [6.45, 7) is -0.0546. The lowest BCUT2D eigenvalue weighted by Gasteiger charge is -2.21. The van der Waals surface area contributed by atoms with Crippen molar-refractivity contribution >= 4 is 17.7 Å². The maximum Gasteiger partial charge on any atom is 0.335 e. The monoisotopic (exact) mass is 262 g/mol. The summed E-state index contributed by atoms with van der Waals surface area (Å²) < 4.78 is 0. The van der Waals surface area contributed by atoms with Gasteiger partial charge in [0.25, 0.3) is 0 Å². The number of amides is 2. The second kappa shape index (κ2) is 7.03. The Morgan fingerprint density at radius 1 is 1.32 bits per heavy atom. The van der Waals surface area contributed by atoms with Crippen molar-refractivity contribution in [1.82, 2.24) is 5.32 Å². The minimum absolute atomic E-state index is 0.0774. The average Bonchev–Trinajstić information content (AvgIpc) is 2.42. The molecule has 0 bridgehead atoms. The molecular weight excluding hydrogens is 248 g/mol. The van der Waals surface area contributed by atoms with Crippen molar-refractivity contribution < 1.29 is 19.8 Å². The standard InChI is InChI=1S/C13H14N2O4/c1-2-7-14-13(19)15(8-9-16)11-5-3-10(4-6-11)12(17)18/h1,3-6,16H,7-9H2,(H,14,19)(H,17,18). The van der Waals surface area contributed by atoms with Gasteiger partial charge in [-0.05, 0) is 24.3 Å². The quantitative estimate of drug-likeness (QED) is 0.675. The molecule has 0 heterocycles. The van der Waals surface area contributed by atoms with Crippen LogP contribution in [0.1, 0.15) is 10.4 Å². The number of carbonyl (C=O) groups is 2. The second-order valence-corrected chi connectivity index (χ2v) is 3.59. The van der Waals surface area contributed by atoms with Gasteiger partial charge in [0.1, 0.15) is 0 Å². The molecule has 0 unspecified atom stereocenters. The molecule has 0 saturated carbocycles. The highest BCUT2D eigenvalue weighted by Gasteiger charge is 2.14. The first-order valence-corrected chi connectivity index (χ1v) is 5.53. The normalized spacial score (nSPS) is 9.47. The summed E-state index contributed by atoms with van der Waals surface area (Å²) in [5.74, 6) is 1.23. The fourth-order valence-electron chi connectivity index (χ4n) is 1.45. The molecular formula is C13H14N2O4. The first-order valence-electron chi connectivity index (χ1n) is 5.53. The summed E-state index contributed by atoms with van der Waals surface area (Å²) in [6, 6.07) is 5.31. The van der Waals surface area contributed by atoms with Gasteiger partial charge in [-0.15, -0.1) is 6.42 Å². The van der Waals surface area contributed by atoms with Crippen LogP contribution in [0.5, 0.6) is 0 Å². The molecule has 0 fully saturated rings. The predicted octanol–water partition coefficient (Wildman–Crippen LogP) is 0.526. The maximum atomic E-state index is 11.8. The Balaban J connectivity index is 2.89. The zero-order chi connectivity index (χ0) is 14.3. The summed E-state index contributed by atoms with van der Waals surface area (Å²) in [4.78, 5) is 23.8. The van der Waals surface area contributed by atoms with Gasteiger partial charge >= 0.3 is 12.0 Å². The summed E-state index contributed by atoms with van der Waals surface area (Å²) in [5, 5.41) is 20.2. The SMILES string of the molecule is C#CCNC(=O)N(CCO)c1ccc(C(=O)O)cc1. The number of nitrogens with one attached hydrogen (secondary N) is 1. The molecule has 1 aromatic carbocycles. The number of carbonyl (C=O) groups excluding carboxylic acids is 1. The molecule has 0 saturated heterocycles. The third kappa shape index (κ3) is 4.01. The lowest BCUT2D eigenvalue weighted by molar-refractivity contribution is 0.0697. The van der Waals surface area contributed by atoms with Crippen LogP contribution in [0.2, 0.25) is 0 Å². The predicted molar refractivity (Wildman–Crippen MR) is 70.1 cm³/mol. The van der Waals surface area contributed by atoms with Crippen LogP contribution in [-0.4, -0.2) is 41.9 Å². The molecule has 0 aliphatic carbocycles. The van der Waals surface area contributed by atoms with E-state index >= 15 is 0 Å². The summed E-state index contributed by atoms with van der Waals surface area (Å²) in [7, 11) is 0. The van der Waals surface area contributed by atoms with Gasteiger partial charge in [-0.2, -0.15) is 0 Å². The third-order valence-corrected chi connectivity index (χ3v) is 2.34. The first kappa shape index (κ1) is 14.5. The topological polar surface area (TPSA) is 89.9 Å². The van der Waals surface area contributed by atoms with Crippen LogP contribution in [0, 0.1) is 12.3 Å². The molecule has 100 valence electrons. The largest absolute Gasteiger partial charge is 0.478 e. The van der Waals surface area contributed by atoms with E-state index in [1.807, 2.05) is 0 Å². The summed E-state index contributed by atoms with van der Waals surface area (Å²) in [6.07, 6.45) is 5.04. The van der Waals surface area contributed by atoms with Gasteiger partial charge in [0, 0.05) is 5.69 Å². The zero-order valence-electron chi connectivity index (χ0n) is 10.2. The molecule has 0 atom stereocenters. The molecule has 0 aromatic heterocycles. The van der Waals surface area contributed by atoms with Crippen molar-refractivity contribution in [2.75, 3.05) is 24.6 Å². The maximum absolute atomic E-state index is 11.8. The van der Waals surface area contributed by atoms with Crippen LogP contribution < -0.4 is 10.2 Å². The van der Waals surface area contributed by atoms with Crippen LogP contribution in [0.25, 0.3) is 0 Å². The van der Waals surface area contributed by atoms with Crippen LogP contribution in [-0.2, 0) is 0 Å². The van der Waals surface area contributed by atoms with Crippen molar-refractivity contribution in [2.24, 2.45) is 0 Å². The smallest absolute Gasteiger partial charge is 0.335 e. The highest BCUT2D eigenvalue weighted by atomic mass is 16.4. The van der Waals surface area contributed by atoms with Gasteiger partial charge < -0.3 is 15.5 Å². The van der Waals surface area contributed by atoms with E-state index in [4.69, 9.17) is 16.6 Å². The Morgan fingerprint density at radius 3 is 2.42 bits per heavy atom. The number of aromatic carboxylic acids is 1. The molecule has 19 heavy (non-hydrogen) atoms. The number of carboxylic acids is 1. The zero-order valence-corrected chi connectivity index (χ0v) is 10.2. The molecule has 1 rings (SSSR count). The highest BCUT2D eigenvalue weighted by molar-refractivity contribution is 5.93. The van der Waals surface area contributed by atoms with Crippen LogP contribution in [0.15, 0.2) is 24.3 Å². The number of terminal acetylenes is 1. The molecule has 6 nitrogen and oxygen atoms in total. The van der Waals surface area contributed by atoms with E-state index in [0.717, 1.165) is 0 Å². The Morgan fingerprint density at radius 2 is 1.95 bits per heavy atom. The minimum atomic E-state index is -1.04. The second-order valence-electron chi connectivity index (χ2n) is 3.59. The molecule has 0 radical (unpaired) electrons. The number of benzene rings is 1. The van der Waals surface area contributed by atoms with E-state index < -0.39 is 12.0 Å². The number of anilines is 1. The summed E-state index contributed by atoms with van der Waals surface area (Å²) >= 11 is 0. The number of hydrogen-bond acceptors (Lipinski definition) is 3. The van der Waals surface area contributed by atoms with E-state index in [-0.39, 0.29) is 25.3 Å². The van der Waals surface area contributed by atoms with Gasteiger partial charge in [-0.3, -0.25) is 4.90 Å². The molecule has 2 amide bonds. The molecule has 6 heteroatoms. The molecule has 1 aromatic rings. The minimum Gasteiger partial charge on any atom is -0.478 e. The van der Waals surface area contributed by atoms with Gasteiger partial charge in [0.15, 0.2) is 0 Å². The van der Waals surface area contributed by atoms with E-state index in [1.165, 1.54) is 29.2 Å². The number of rotatable bonds is 5. The van der Waals surface area contributed by atoms with Crippen LogP contribution in [0.4, 0.5) is 10.5 Å². The number of nitrogens with zero attached hydrogens (tertiary/aromatic N) is 1. The van der Waals surface area contributed by atoms with Crippen molar-refractivity contribution in [1.29, 1.82) is 0 Å². The van der Waals surface area contributed by atoms with Gasteiger partial charge in [-0.25, -0.2) is 9.59 Å². The highest BCUT2D eigenvalue weighted by Crippen LogP contribution is 2.15. The lowest BCUT2D eigenvalue weighted by Crippen LogP contribution is -2.41. The Labute approximate surface area is 110 Å². The van der Waals surface area contributed by atoms with Crippen molar-refractivity contribution in [2.45, 2.75) is 0 Å². The fourth-order valence-corrected chi connectivity index (χ4v) is 1.45. The molecule has 3 N–H and O–H groups in total. The van der Waals surface area contributed by atoms with E-state index in [0.29, 0.717) is 5.69 Å². The van der Waals surface area contributed by atoms with E-state index in [1.54, 1.807) is 0 Å². The van der Waals surface area contributed by atoms with Crippen molar-refractivity contribution in [3.05, 3.63) is 29.8 Å². The Hall–Kier alpha value is -2.52. The Bertz CT molecular complexity index is 490. The average molecular weight is 262 g/mol. The van der Waals surface area contributed by atoms with Gasteiger partial charge in [0.05, 0.1) is 25.3 Å². The number of hydrogen-bond donors (Lipinski definition) is 3. The first-order chi connectivity index (χ1) is 9.10. The Kier molecular flexibility index (Phi) is 5.38. The van der Waals surface area contributed by atoms with Crippen molar-refractivity contribution in [3.8, 4) is 12.3 Å². The third-order valence-electron chi connectivity index (χ3n) is 2.34. The fraction of sp³-hybridized carbons (Fsp3) is 0.231. The summed E-state index contributed by atoms with van der Waals surface area (Å²) in [5.41, 5.74) is 0.602. The van der Waals surface area contributed by atoms with Gasteiger partial charge in [0.2, 0.25) is 0 Å². The number of carboxylic acid groups (broad SMARTS) is 1. The number of aliphatic hydroxyl groups is 1. The molecule has 0 aliphatic heterocycles. The van der Waals surface area contributed by atoms with Crippen LogP contribution in [0.3, 0.4) is 0 Å². The van der Waals surface area contributed by atoms with Crippen molar-refractivity contribution in [3.63, 3.8) is 0 Å². The molecule has 0 spiro atoms. The van der Waals surface area contributed by atoms with Gasteiger partial charge in [-0.1, -0.05) is 5.92 Å². The van der Waals surface area contributed by atoms with Crippen LogP contribution >= 0.6 is 0 Å². The molecule has 0 aliphatic rings. The number of urea groups is 1. The lowest BCUT2D eigenvalue weighted by atomic mass is 10.2.